The minimum absolute atomic E-state index is 0.0947. The molecule has 2 aliphatic heterocycles. The molecule has 3 rings (SSSR count). The van der Waals surface area contributed by atoms with Gasteiger partial charge in [-0.05, 0) is 25.0 Å². The number of rotatable bonds is 3. The number of halogens is 2. The molecular formula is C13H16ClFN2O3S. The fraction of sp³-hybridized carbons (Fsp3) is 0.538. The van der Waals surface area contributed by atoms with E-state index in [0.29, 0.717) is 0 Å². The molecule has 1 aromatic rings. The van der Waals surface area contributed by atoms with Crippen LogP contribution in [-0.4, -0.2) is 38.0 Å². The number of sulfonamides is 1. The smallest absolute Gasteiger partial charge is 0.246 e. The van der Waals surface area contributed by atoms with Crippen LogP contribution in [0.4, 0.5) is 4.39 Å². The number of nitrogens with two attached hydrogens (primary N) is 1. The fourth-order valence-electron chi connectivity index (χ4n) is 2.87. The zero-order valence-corrected chi connectivity index (χ0v) is 12.8. The van der Waals surface area contributed by atoms with Gasteiger partial charge < -0.3 is 10.5 Å². The van der Waals surface area contributed by atoms with Crippen LogP contribution in [0.2, 0.25) is 5.02 Å². The third-order valence-electron chi connectivity index (χ3n) is 3.93. The Bertz CT molecular complexity index is 656. The first-order valence-corrected chi connectivity index (χ1v) is 8.57. The quantitative estimate of drug-likeness (QED) is 0.909. The second-order valence-corrected chi connectivity index (χ2v) is 7.70. The lowest BCUT2D eigenvalue weighted by atomic mass is 10.2. The van der Waals surface area contributed by atoms with Crippen molar-refractivity contribution in [3.05, 3.63) is 28.5 Å². The van der Waals surface area contributed by atoms with E-state index in [4.69, 9.17) is 22.1 Å². The summed E-state index contributed by atoms with van der Waals surface area (Å²) in [6, 6.07) is 2.49. The monoisotopic (exact) mass is 334 g/mol. The number of hydrogen-bond acceptors (Lipinski definition) is 4. The Labute approximate surface area is 127 Å². The molecule has 2 unspecified atom stereocenters. The minimum atomic E-state index is -3.94. The van der Waals surface area contributed by atoms with Gasteiger partial charge in [-0.1, -0.05) is 11.6 Å². The Morgan fingerprint density at radius 3 is 2.52 bits per heavy atom. The molecule has 21 heavy (non-hydrogen) atoms. The SMILES string of the molecule is NCc1cc(Cl)cc(S(=O)(=O)N2CC3CCC(C2)O3)c1F. The number of hydrogen-bond donors (Lipinski definition) is 1. The molecule has 2 atom stereocenters. The first-order valence-electron chi connectivity index (χ1n) is 6.75. The molecule has 5 nitrogen and oxygen atoms in total. The molecule has 0 aromatic heterocycles. The standard InChI is InChI=1S/C13H16ClFN2O3S/c14-9-3-8(5-16)13(15)12(4-9)21(18,19)17-6-10-1-2-11(7-17)20-10/h3-4,10-11H,1-2,5-7,16H2. The van der Waals surface area contributed by atoms with Crippen molar-refractivity contribution in [2.75, 3.05) is 13.1 Å². The largest absolute Gasteiger partial charge is 0.372 e. The van der Waals surface area contributed by atoms with Gasteiger partial charge in [-0.15, -0.1) is 0 Å². The lowest BCUT2D eigenvalue weighted by molar-refractivity contribution is -0.0115. The van der Waals surface area contributed by atoms with E-state index >= 15 is 0 Å². The van der Waals surface area contributed by atoms with Crippen molar-refractivity contribution in [1.29, 1.82) is 0 Å². The molecule has 0 saturated carbocycles. The molecular weight excluding hydrogens is 319 g/mol. The van der Waals surface area contributed by atoms with E-state index in [9.17, 15) is 12.8 Å². The molecule has 2 bridgehead atoms. The number of nitrogens with zero attached hydrogens (tertiary/aromatic N) is 1. The summed E-state index contributed by atoms with van der Waals surface area (Å²) in [6.45, 7) is 0.398. The number of fused-ring (bicyclic) bond motifs is 2. The molecule has 0 radical (unpaired) electrons. The highest BCUT2D eigenvalue weighted by Crippen LogP contribution is 2.32. The van der Waals surface area contributed by atoms with Gasteiger partial charge in [0.05, 0.1) is 12.2 Å². The Morgan fingerprint density at radius 1 is 1.33 bits per heavy atom. The van der Waals surface area contributed by atoms with Crippen molar-refractivity contribution in [1.82, 2.24) is 4.31 Å². The molecule has 2 saturated heterocycles. The topological polar surface area (TPSA) is 72.6 Å². The van der Waals surface area contributed by atoms with Crippen molar-refractivity contribution in [3.8, 4) is 0 Å². The van der Waals surface area contributed by atoms with Gasteiger partial charge in [0.15, 0.2) is 0 Å². The van der Waals surface area contributed by atoms with Gasteiger partial charge >= 0.3 is 0 Å². The van der Waals surface area contributed by atoms with Crippen LogP contribution in [0.5, 0.6) is 0 Å². The summed E-state index contributed by atoms with van der Waals surface area (Å²) in [5.41, 5.74) is 5.53. The van der Waals surface area contributed by atoms with Crippen LogP contribution in [0.1, 0.15) is 18.4 Å². The van der Waals surface area contributed by atoms with E-state index in [0.717, 1.165) is 18.9 Å². The predicted molar refractivity (Wildman–Crippen MR) is 76.0 cm³/mol. The predicted octanol–water partition coefficient (Wildman–Crippen LogP) is 1.49. The Balaban J connectivity index is 2.00. The van der Waals surface area contributed by atoms with E-state index in [1.54, 1.807) is 0 Å². The van der Waals surface area contributed by atoms with Crippen LogP contribution in [0.25, 0.3) is 0 Å². The summed E-state index contributed by atoms with van der Waals surface area (Å²) in [6.07, 6.45) is 1.47. The average molecular weight is 335 g/mol. The summed E-state index contributed by atoms with van der Waals surface area (Å²) in [5, 5.41) is 0.159. The maximum atomic E-state index is 14.3. The van der Waals surface area contributed by atoms with Crippen LogP contribution in [0, 0.1) is 5.82 Å². The van der Waals surface area contributed by atoms with Crippen molar-refractivity contribution in [3.63, 3.8) is 0 Å². The first-order chi connectivity index (χ1) is 9.91. The Kier molecular flexibility index (Phi) is 3.96. The Hall–Kier alpha value is -0.730. The zero-order chi connectivity index (χ0) is 15.2. The van der Waals surface area contributed by atoms with Gasteiger partial charge in [-0.3, -0.25) is 0 Å². The molecule has 2 N–H and O–H groups in total. The fourth-order valence-corrected chi connectivity index (χ4v) is 4.81. The van der Waals surface area contributed by atoms with E-state index in [2.05, 4.69) is 0 Å². The minimum Gasteiger partial charge on any atom is -0.372 e. The van der Waals surface area contributed by atoms with E-state index in [-0.39, 0.29) is 42.4 Å². The second kappa shape index (κ2) is 5.48. The molecule has 1 aromatic carbocycles. The van der Waals surface area contributed by atoms with E-state index < -0.39 is 20.7 Å². The van der Waals surface area contributed by atoms with Crippen molar-refractivity contribution >= 4 is 21.6 Å². The van der Waals surface area contributed by atoms with E-state index in [1.807, 2.05) is 0 Å². The highest BCUT2D eigenvalue weighted by molar-refractivity contribution is 7.89. The van der Waals surface area contributed by atoms with Gasteiger partial charge in [0, 0.05) is 30.2 Å². The van der Waals surface area contributed by atoms with Gasteiger partial charge in [0.2, 0.25) is 10.0 Å². The van der Waals surface area contributed by atoms with Crippen LogP contribution in [0.3, 0.4) is 0 Å². The maximum Gasteiger partial charge on any atom is 0.246 e. The molecule has 0 amide bonds. The lowest BCUT2D eigenvalue weighted by Gasteiger charge is -2.31. The third-order valence-corrected chi connectivity index (χ3v) is 5.98. The van der Waals surface area contributed by atoms with E-state index in [1.165, 1.54) is 10.4 Å². The molecule has 116 valence electrons. The summed E-state index contributed by atoms with van der Waals surface area (Å²) < 4.78 is 46.6. The second-order valence-electron chi connectivity index (χ2n) is 5.36. The zero-order valence-electron chi connectivity index (χ0n) is 11.3. The lowest BCUT2D eigenvalue weighted by Crippen LogP contribution is -2.45. The molecule has 2 fully saturated rings. The molecule has 2 aliphatic rings. The van der Waals surface area contributed by atoms with Gasteiger partial charge in [0.25, 0.3) is 0 Å². The number of ether oxygens (including phenoxy) is 1. The summed E-state index contributed by atoms with van der Waals surface area (Å²) >= 11 is 5.89. The van der Waals surface area contributed by atoms with Crippen LogP contribution < -0.4 is 5.73 Å². The normalized spacial score (nSPS) is 26.2. The average Bonchev–Trinajstić information content (AvgIpc) is 2.79. The highest BCUT2D eigenvalue weighted by Gasteiger charge is 2.40. The van der Waals surface area contributed by atoms with Crippen molar-refractivity contribution in [2.24, 2.45) is 5.73 Å². The van der Waals surface area contributed by atoms with Crippen molar-refractivity contribution < 1.29 is 17.5 Å². The molecule has 8 heteroatoms. The summed E-state index contributed by atoms with van der Waals surface area (Å²) in [7, 11) is -3.94. The van der Waals surface area contributed by atoms with Crippen LogP contribution in [0.15, 0.2) is 17.0 Å². The highest BCUT2D eigenvalue weighted by atomic mass is 35.5. The van der Waals surface area contributed by atoms with Crippen molar-refractivity contribution in [2.45, 2.75) is 36.5 Å². The van der Waals surface area contributed by atoms with Gasteiger partial charge in [-0.2, -0.15) is 4.31 Å². The maximum absolute atomic E-state index is 14.3. The summed E-state index contributed by atoms with van der Waals surface area (Å²) in [4.78, 5) is -0.406. The molecule has 2 heterocycles. The third kappa shape index (κ3) is 2.68. The van der Waals surface area contributed by atoms with Crippen LogP contribution in [-0.2, 0) is 21.3 Å². The Morgan fingerprint density at radius 2 is 1.95 bits per heavy atom. The number of morpholine rings is 1. The van der Waals surface area contributed by atoms with Gasteiger partial charge in [-0.25, -0.2) is 12.8 Å². The molecule has 0 aliphatic carbocycles. The molecule has 0 spiro atoms. The number of benzene rings is 1. The van der Waals surface area contributed by atoms with Gasteiger partial charge in [0.1, 0.15) is 10.7 Å². The summed E-state index contributed by atoms with van der Waals surface area (Å²) in [5.74, 6) is -0.819. The van der Waals surface area contributed by atoms with Crippen LogP contribution >= 0.6 is 11.6 Å². The first kappa shape index (κ1) is 15.2.